The molecule has 2 amide bonds. The van der Waals surface area contributed by atoms with Crippen molar-refractivity contribution >= 4 is 27.5 Å². The highest BCUT2D eigenvalue weighted by Crippen LogP contribution is 2.29. The van der Waals surface area contributed by atoms with Gasteiger partial charge in [-0.05, 0) is 80.6 Å². The zero-order valence-corrected chi connectivity index (χ0v) is 25.0. The number of carbonyl (C=O) groups excluding carboxylic acids is 2. The van der Waals surface area contributed by atoms with Gasteiger partial charge >= 0.3 is 0 Å². The van der Waals surface area contributed by atoms with Gasteiger partial charge in [-0.3, -0.25) is 13.9 Å². The highest BCUT2D eigenvalue weighted by atomic mass is 32.2. The normalized spacial score (nSPS) is 14.3. The van der Waals surface area contributed by atoms with Gasteiger partial charge in [-0.1, -0.05) is 55.3 Å². The SMILES string of the molecule is COc1ccc(CN(C(=O)CN(c2cc(C)ccc2C)S(=O)(=O)c2ccccc2)[C@@H](C)C(=O)NC2CCCC2)cc1. The van der Waals surface area contributed by atoms with Crippen molar-refractivity contribution in [3.05, 3.63) is 89.5 Å². The summed E-state index contributed by atoms with van der Waals surface area (Å²) in [5.74, 6) is -0.0491. The van der Waals surface area contributed by atoms with Gasteiger partial charge in [0.2, 0.25) is 11.8 Å². The standard InChI is InChI=1S/C32H39N3O5S/c1-23-14-15-24(2)30(20-23)35(41(38,39)29-12-6-5-7-13-29)22-31(36)34(21-26-16-18-28(40-4)19-17-26)25(3)32(37)33-27-10-8-9-11-27/h5-7,12-20,25,27H,8-11,21-22H2,1-4H3,(H,33,37)/t25-/m0/s1. The second-order valence-corrected chi connectivity index (χ2v) is 12.5. The Morgan fingerprint density at radius 3 is 2.27 bits per heavy atom. The Labute approximate surface area is 243 Å². The summed E-state index contributed by atoms with van der Waals surface area (Å²) < 4.78 is 34.4. The Balaban J connectivity index is 1.70. The molecule has 0 saturated heterocycles. The summed E-state index contributed by atoms with van der Waals surface area (Å²) in [6.45, 7) is 5.07. The number of sulfonamides is 1. The predicted octanol–water partition coefficient (Wildman–Crippen LogP) is 4.98. The van der Waals surface area contributed by atoms with Gasteiger partial charge in [0.05, 0.1) is 17.7 Å². The summed E-state index contributed by atoms with van der Waals surface area (Å²) in [5, 5.41) is 3.09. The van der Waals surface area contributed by atoms with Crippen LogP contribution in [0.25, 0.3) is 0 Å². The second-order valence-electron chi connectivity index (χ2n) is 10.7. The molecule has 0 bridgehead atoms. The third-order valence-corrected chi connectivity index (χ3v) is 9.40. The first-order valence-corrected chi connectivity index (χ1v) is 15.4. The average Bonchev–Trinajstić information content (AvgIpc) is 3.49. The lowest BCUT2D eigenvalue weighted by Gasteiger charge is -2.33. The van der Waals surface area contributed by atoms with E-state index in [0.717, 1.165) is 46.7 Å². The van der Waals surface area contributed by atoms with E-state index >= 15 is 0 Å². The van der Waals surface area contributed by atoms with Gasteiger partial charge in [-0.25, -0.2) is 8.42 Å². The van der Waals surface area contributed by atoms with Gasteiger partial charge in [0.1, 0.15) is 18.3 Å². The predicted molar refractivity (Wildman–Crippen MR) is 160 cm³/mol. The zero-order valence-electron chi connectivity index (χ0n) is 24.2. The lowest BCUT2D eigenvalue weighted by Crippen LogP contribution is -2.52. The molecule has 1 fully saturated rings. The summed E-state index contributed by atoms with van der Waals surface area (Å²) in [7, 11) is -2.52. The molecule has 3 aromatic rings. The van der Waals surface area contributed by atoms with Crippen LogP contribution in [0.4, 0.5) is 5.69 Å². The fourth-order valence-electron chi connectivity index (χ4n) is 5.12. The van der Waals surface area contributed by atoms with E-state index in [1.54, 1.807) is 50.4 Å². The molecular weight excluding hydrogens is 538 g/mol. The van der Waals surface area contributed by atoms with Gasteiger partial charge in [0, 0.05) is 12.6 Å². The fourth-order valence-corrected chi connectivity index (χ4v) is 6.61. The van der Waals surface area contributed by atoms with Crippen LogP contribution in [0.3, 0.4) is 0 Å². The number of carbonyl (C=O) groups is 2. The molecule has 218 valence electrons. The molecule has 0 aromatic heterocycles. The minimum atomic E-state index is -4.10. The summed E-state index contributed by atoms with van der Waals surface area (Å²) in [4.78, 5) is 29.0. The van der Waals surface area contributed by atoms with Crippen LogP contribution in [0.15, 0.2) is 77.7 Å². The van der Waals surface area contributed by atoms with Crippen molar-refractivity contribution < 1.29 is 22.7 Å². The van der Waals surface area contributed by atoms with Crippen molar-refractivity contribution in [1.29, 1.82) is 0 Å². The van der Waals surface area contributed by atoms with Crippen LogP contribution in [0, 0.1) is 13.8 Å². The van der Waals surface area contributed by atoms with Gasteiger partial charge in [-0.15, -0.1) is 0 Å². The fraction of sp³-hybridized carbons (Fsp3) is 0.375. The molecule has 1 aliphatic rings. The molecular formula is C32H39N3O5S. The van der Waals surface area contributed by atoms with Gasteiger partial charge in [0.15, 0.2) is 0 Å². The summed E-state index contributed by atoms with van der Waals surface area (Å²) in [6, 6.07) is 20.1. The number of nitrogens with zero attached hydrogens (tertiary/aromatic N) is 2. The molecule has 0 heterocycles. The van der Waals surface area contributed by atoms with Crippen molar-refractivity contribution in [3.8, 4) is 5.75 Å². The lowest BCUT2D eigenvalue weighted by atomic mass is 10.1. The van der Waals surface area contributed by atoms with Crippen molar-refractivity contribution in [1.82, 2.24) is 10.2 Å². The van der Waals surface area contributed by atoms with E-state index in [2.05, 4.69) is 5.32 Å². The molecule has 8 nitrogen and oxygen atoms in total. The third kappa shape index (κ3) is 7.27. The van der Waals surface area contributed by atoms with Gasteiger partial charge < -0.3 is 15.0 Å². The maximum Gasteiger partial charge on any atom is 0.264 e. The molecule has 0 aliphatic heterocycles. The Kier molecular flexibility index (Phi) is 9.70. The first-order valence-electron chi connectivity index (χ1n) is 14.0. The first kappa shape index (κ1) is 30.1. The number of hydrogen-bond acceptors (Lipinski definition) is 5. The molecule has 1 saturated carbocycles. The van der Waals surface area contributed by atoms with Crippen LogP contribution < -0.4 is 14.4 Å². The van der Waals surface area contributed by atoms with Gasteiger partial charge in [-0.2, -0.15) is 0 Å². The van der Waals surface area contributed by atoms with Crippen LogP contribution >= 0.6 is 0 Å². The van der Waals surface area contributed by atoms with Crippen molar-refractivity contribution in [2.45, 2.75) is 70.0 Å². The summed E-state index contributed by atoms with van der Waals surface area (Å²) in [6.07, 6.45) is 3.97. The largest absolute Gasteiger partial charge is 0.497 e. The minimum absolute atomic E-state index is 0.0856. The molecule has 0 spiro atoms. The molecule has 4 rings (SSSR count). The molecule has 1 aliphatic carbocycles. The number of rotatable bonds is 11. The number of amides is 2. The van der Waals surface area contributed by atoms with Crippen molar-refractivity contribution in [3.63, 3.8) is 0 Å². The zero-order chi connectivity index (χ0) is 29.6. The monoisotopic (exact) mass is 577 g/mol. The van der Waals surface area contributed by atoms with E-state index in [1.807, 2.05) is 38.1 Å². The van der Waals surface area contributed by atoms with Crippen LogP contribution in [0.5, 0.6) is 5.75 Å². The van der Waals surface area contributed by atoms with Crippen LogP contribution in [-0.2, 0) is 26.2 Å². The maximum atomic E-state index is 14.1. The number of anilines is 1. The minimum Gasteiger partial charge on any atom is -0.497 e. The quantitative estimate of drug-likeness (QED) is 0.347. The third-order valence-electron chi connectivity index (χ3n) is 7.62. The molecule has 3 aromatic carbocycles. The van der Waals surface area contributed by atoms with E-state index in [1.165, 1.54) is 17.0 Å². The maximum absolute atomic E-state index is 14.1. The molecule has 0 unspecified atom stereocenters. The van der Waals surface area contributed by atoms with Crippen LogP contribution in [0.1, 0.15) is 49.3 Å². The molecule has 0 radical (unpaired) electrons. The van der Waals surface area contributed by atoms with E-state index in [0.29, 0.717) is 11.4 Å². The number of aryl methyl sites for hydroxylation is 2. The van der Waals surface area contributed by atoms with E-state index in [9.17, 15) is 18.0 Å². The van der Waals surface area contributed by atoms with E-state index in [-0.39, 0.29) is 23.4 Å². The average molecular weight is 578 g/mol. The number of benzene rings is 3. The second kappa shape index (κ2) is 13.2. The number of ether oxygens (including phenoxy) is 1. The number of hydrogen-bond donors (Lipinski definition) is 1. The Bertz CT molecular complexity index is 1450. The molecule has 9 heteroatoms. The Hall–Kier alpha value is -3.85. The smallest absolute Gasteiger partial charge is 0.264 e. The molecule has 1 atom stereocenters. The van der Waals surface area contributed by atoms with E-state index < -0.39 is 28.5 Å². The van der Waals surface area contributed by atoms with Crippen molar-refractivity contribution in [2.24, 2.45) is 0 Å². The lowest BCUT2D eigenvalue weighted by molar-refractivity contribution is -0.139. The molecule has 41 heavy (non-hydrogen) atoms. The Morgan fingerprint density at radius 1 is 0.976 bits per heavy atom. The van der Waals surface area contributed by atoms with E-state index in [4.69, 9.17) is 4.74 Å². The van der Waals surface area contributed by atoms with Crippen molar-refractivity contribution in [2.75, 3.05) is 18.0 Å². The number of methoxy groups -OCH3 is 1. The topological polar surface area (TPSA) is 96.0 Å². The first-order chi connectivity index (χ1) is 19.6. The van der Waals surface area contributed by atoms with Gasteiger partial charge in [0.25, 0.3) is 10.0 Å². The Morgan fingerprint density at radius 2 is 1.63 bits per heavy atom. The number of nitrogens with one attached hydrogen (secondary N) is 1. The van der Waals surface area contributed by atoms with Crippen LogP contribution in [-0.4, -0.2) is 50.9 Å². The van der Waals surface area contributed by atoms with Crippen LogP contribution in [0.2, 0.25) is 0 Å². The summed E-state index contributed by atoms with van der Waals surface area (Å²) >= 11 is 0. The highest BCUT2D eigenvalue weighted by molar-refractivity contribution is 7.92. The summed E-state index contributed by atoms with van der Waals surface area (Å²) in [5.41, 5.74) is 2.81. The molecule has 1 N–H and O–H groups in total. The highest BCUT2D eigenvalue weighted by Gasteiger charge is 2.33.